The molecule has 2 aromatic rings. The molecule has 0 bridgehead atoms. The van der Waals surface area contributed by atoms with Crippen LogP contribution < -0.4 is 5.32 Å². The van der Waals surface area contributed by atoms with Gasteiger partial charge in [0.2, 0.25) is 0 Å². The fraction of sp³-hybridized carbons (Fsp3) is 0.583. The minimum atomic E-state index is 0.0697. The Morgan fingerprint density at radius 3 is 2.72 bits per heavy atom. The lowest BCUT2D eigenvalue weighted by Crippen LogP contribution is -2.37. The lowest BCUT2D eigenvalue weighted by atomic mass is 9.80. The summed E-state index contributed by atoms with van der Waals surface area (Å²) in [6.45, 7) is 9.41. The van der Waals surface area contributed by atoms with E-state index < -0.39 is 0 Å². The highest BCUT2D eigenvalue weighted by Gasteiger charge is 2.31. The van der Waals surface area contributed by atoms with E-state index in [1.165, 1.54) is 47.9 Å². The van der Waals surface area contributed by atoms with Crippen molar-refractivity contribution in [3.05, 3.63) is 52.3 Å². The van der Waals surface area contributed by atoms with Gasteiger partial charge in [-0.1, -0.05) is 32.9 Å². The van der Waals surface area contributed by atoms with Gasteiger partial charge in [0, 0.05) is 25.3 Å². The number of aromatic nitrogens is 2. The molecule has 1 aliphatic carbocycles. The molecule has 1 saturated heterocycles. The number of rotatable bonds is 3. The van der Waals surface area contributed by atoms with E-state index in [1.807, 2.05) is 21.8 Å². The van der Waals surface area contributed by atoms with Crippen molar-refractivity contribution >= 4 is 5.91 Å². The molecule has 1 atom stereocenters. The average molecular weight is 393 g/mol. The Bertz CT molecular complexity index is 929. The van der Waals surface area contributed by atoms with Crippen LogP contribution in [0.3, 0.4) is 0 Å². The number of carbonyl (C=O) groups excluding carboxylic acids is 1. The van der Waals surface area contributed by atoms with E-state index in [0.717, 1.165) is 19.5 Å². The average Bonchev–Trinajstić information content (AvgIpc) is 3.19. The first-order chi connectivity index (χ1) is 13.9. The quantitative estimate of drug-likeness (QED) is 0.854. The zero-order valence-corrected chi connectivity index (χ0v) is 17.9. The Morgan fingerprint density at radius 2 is 2.03 bits per heavy atom. The molecule has 0 spiro atoms. The van der Waals surface area contributed by atoms with Gasteiger partial charge in [0.15, 0.2) is 0 Å². The van der Waals surface area contributed by atoms with Gasteiger partial charge in [0.25, 0.3) is 5.91 Å². The number of nitrogens with one attached hydrogen (secondary N) is 1. The Hall–Kier alpha value is -2.14. The summed E-state index contributed by atoms with van der Waals surface area (Å²) in [6, 6.07) is 7.59. The molecular weight excluding hydrogens is 360 g/mol. The number of nitrogens with zero attached hydrogens (tertiary/aromatic N) is 3. The number of benzene rings is 1. The molecule has 5 nitrogen and oxygen atoms in total. The van der Waals surface area contributed by atoms with Gasteiger partial charge in [-0.25, -0.2) is 0 Å². The van der Waals surface area contributed by atoms with Crippen molar-refractivity contribution in [1.29, 1.82) is 0 Å². The van der Waals surface area contributed by atoms with Crippen LogP contribution in [0.15, 0.2) is 24.4 Å². The van der Waals surface area contributed by atoms with E-state index in [1.54, 1.807) is 0 Å². The van der Waals surface area contributed by atoms with E-state index in [9.17, 15) is 4.79 Å². The maximum absolute atomic E-state index is 13.2. The van der Waals surface area contributed by atoms with Gasteiger partial charge in [0.1, 0.15) is 5.69 Å². The van der Waals surface area contributed by atoms with Crippen LogP contribution in [0.1, 0.15) is 91.3 Å². The Morgan fingerprint density at radius 1 is 1.21 bits per heavy atom. The smallest absolute Gasteiger partial charge is 0.274 e. The first-order valence-electron chi connectivity index (χ1n) is 11.1. The third-order valence-electron chi connectivity index (χ3n) is 6.71. The third-order valence-corrected chi connectivity index (χ3v) is 6.71. The van der Waals surface area contributed by atoms with Gasteiger partial charge in [-0.3, -0.25) is 9.48 Å². The molecule has 1 aromatic heterocycles. The third kappa shape index (κ3) is 3.61. The molecule has 3 heterocycles. The predicted molar refractivity (Wildman–Crippen MR) is 114 cm³/mol. The molecule has 2 aliphatic heterocycles. The van der Waals surface area contributed by atoms with Gasteiger partial charge in [0.05, 0.1) is 6.04 Å². The Labute approximate surface area is 173 Å². The van der Waals surface area contributed by atoms with Crippen molar-refractivity contribution < 1.29 is 4.79 Å². The van der Waals surface area contributed by atoms with Crippen molar-refractivity contribution in [3.8, 4) is 0 Å². The first-order valence-corrected chi connectivity index (χ1v) is 11.1. The van der Waals surface area contributed by atoms with Crippen molar-refractivity contribution in [2.24, 2.45) is 0 Å². The predicted octanol–water partition coefficient (Wildman–Crippen LogP) is 4.14. The highest BCUT2D eigenvalue weighted by molar-refractivity contribution is 5.92. The van der Waals surface area contributed by atoms with Crippen LogP contribution in [0.5, 0.6) is 0 Å². The maximum Gasteiger partial charge on any atom is 0.274 e. The largest absolute Gasteiger partial charge is 0.333 e. The van der Waals surface area contributed by atoms with Crippen molar-refractivity contribution in [2.75, 3.05) is 13.1 Å². The van der Waals surface area contributed by atoms with Crippen molar-refractivity contribution in [2.45, 2.75) is 76.9 Å². The number of carbonyl (C=O) groups is 1. The van der Waals surface area contributed by atoms with Gasteiger partial charge < -0.3 is 10.2 Å². The molecule has 1 amide bonds. The molecule has 0 unspecified atom stereocenters. The van der Waals surface area contributed by atoms with Crippen molar-refractivity contribution in [1.82, 2.24) is 20.0 Å². The van der Waals surface area contributed by atoms with Crippen LogP contribution >= 0.6 is 0 Å². The van der Waals surface area contributed by atoms with Gasteiger partial charge in [-0.05, 0) is 72.4 Å². The molecule has 5 rings (SSSR count). The van der Waals surface area contributed by atoms with E-state index in [4.69, 9.17) is 0 Å². The maximum atomic E-state index is 13.2. The summed E-state index contributed by atoms with van der Waals surface area (Å²) in [5, 5.41) is 8.24. The molecule has 3 aliphatic rings. The number of hydrogen-bond acceptors (Lipinski definition) is 3. The standard InChI is InChI=1S/C24H32N4O/c1-24(2,3)17-13-16-8-11-27(15-20(16)19(14-17)21-5-4-10-25-21)23(29)22-9-12-28(26-22)18-6-7-18/h9,12-14,18,21,25H,4-8,10-11,15H2,1-3H3/t21-/m0/s1. The van der Waals surface area contributed by atoms with Crippen LogP contribution in [0.4, 0.5) is 0 Å². The zero-order chi connectivity index (χ0) is 20.2. The van der Waals surface area contributed by atoms with E-state index in [2.05, 4.69) is 43.3 Å². The van der Waals surface area contributed by atoms with Gasteiger partial charge >= 0.3 is 0 Å². The number of hydrogen-bond donors (Lipinski definition) is 1. The van der Waals surface area contributed by atoms with Crippen LogP contribution in [0.2, 0.25) is 0 Å². The second-order valence-electron chi connectivity index (χ2n) is 9.99. The second-order valence-corrected chi connectivity index (χ2v) is 9.99. The van der Waals surface area contributed by atoms with Crippen LogP contribution in [0, 0.1) is 0 Å². The first kappa shape index (κ1) is 18.9. The lowest BCUT2D eigenvalue weighted by Gasteiger charge is -2.33. The molecule has 5 heteroatoms. The van der Waals surface area contributed by atoms with Gasteiger partial charge in [-0.2, -0.15) is 5.10 Å². The van der Waals surface area contributed by atoms with E-state index >= 15 is 0 Å². The van der Waals surface area contributed by atoms with Crippen LogP contribution in [-0.4, -0.2) is 33.7 Å². The lowest BCUT2D eigenvalue weighted by molar-refractivity contribution is 0.0727. The van der Waals surface area contributed by atoms with Crippen LogP contribution in [0.25, 0.3) is 0 Å². The highest BCUT2D eigenvalue weighted by Crippen LogP contribution is 2.37. The summed E-state index contributed by atoms with van der Waals surface area (Å²) in [5.74, 6) is 0.0697. The highest BCUT2D eigenvalue weighted by atomic mass is 16.2. The van der Waals surface area contributed by atoms with Gasteiger partial charge in [-0.15, -0.1) is 0 Å². The molecule has 29 heavy (non-hydrogen) atoms. The normalized spacial score (nSPS) is 22.0. The molecule has 1 saturated carbocycles. The molecular formula is C24H32N4O. The summed E-state index contributed by atoms with van der Waals surface area (Å²) in [7, 11) is 0. The number of fused-ring (bicyclic) bond motifs is 1. The second kappa shape index (κ2) is 6.98. The molecule has 2 fully saturated rings. The minimum Gasteiger partial charge on any atom is -0.333 e. The van der Waals surface area contributed by atoms with Crippen LogP contribution in [-0.2, 0) is 18.4 Å². The van der Waals surface area contributed by atoms with E-state index in [-0.39, 0.29) is 11.3 Å². The molecule has 0 radical (unpaired) electrons. The monoisotopic (exact) mass is 392 g/mol. The summed E-state index contributed by atoms with van der Waals surface area (Å²) in [4.78, 5) is 15.2. The summed E-state index contributed by atoms with van der Waals surface area (Å²) < 4.78 is 1.97. The summed E-state index contributed by atoms with van der Waals surface area (Å²) >= 11 is 0. The van der Waals surface area contributed by atoms with Crippen molar-refractivity contribution in [3.63, 3.8) is 0 Å². The summed E-state index contributed by atoms with van der Waals surface area (Å²) in [6.07, 6.45) is 7.65. The number of amides is 1. The molecule has 154 valence electrons. The zero-order valence-electron chi connectivity index (χ0n) is 17.9. The Balaban J connectivity index is 1.45. The Kier molecular flexibility index (Phi) is 4.54. The van der Waals surface area contributed by atoms with E-state index in [0.29, 0.717) is 24.3 Å². The SMILES string of the molecule is CC(C)(C)c1cc2c(c([C@@H]3CCCN3)c1)CN(C(=O)c1ccn(C3CC3)n1)CC2. The summed E-state index contributed by atoms with van der Waals surface area (Å²) in [5.41, 5.74) is 6.32. The topological polar surface area (TPSA) is 50.2 Å². The molecule has 1 N–H and O–H groups in total. The fourth-order valence-electron chi connectivity index (χ4n) is 4.72. The minimum absolute atomic E-state index is 0.0697. The molecule has 1 aromatic carbocycles. The fourth-order valence-corrected chi connectivity index (χ4v) is 4.72.